The first kappa shape index (κ1) is 9.90. The molecule has 3 N–H and O–H groups in total. The van der Waals surface area contributed by atoms with Crippen molar-refractivity contribution in [2.24, 2.45) is 0 Å². The van der Waals surface area contributed by atoms with Gasteiger partial charge in [-0.1, -0.05) is 12.2 Å². The smallest absolute Gasteiger partial charge is 0.143 e. The number of benzene rings is 1. The second-order valence-corrected chi connectivity index (χ2v) is 3.74. The van der Waals surface area contributed by atoms with Gasteiger partial charge in [0.15, 0.2) is 0 Å². The summed E-state index contributed by atoms with van der Waals surface area (Å²) in [5.41, 5.74) is 7.48. The van der Waals surface area contributed by atoms with Crippen LogP contribution in [0.1, 0.15) is 12.8 Å². The van der Waals surface area contributed by atoms with E-state index in [2.05, 4.69) is 17.5 Å². The number of nitrogens with two attached hydrogens (primary N) is 1. The fraction of sp³-hybridized carbons (Fsp3) is 0.333. The quantitative estimate of drug-likeness (QED) is 0.587. The van der Waals surface area contributed by atoms with Gasteiger partial charge >= 0.3 is 0 Å². The summed E-state index contributed by atoms with van der Waals surface area (Å²) in [7, 11) is 1.63. The number of nitrogen functional groups attached to an aromatic ring is 1. The zero-order chi connectivity index (χ0) is 10.7. The maximum Gasteiger partial charge on any atom is 0.143 e. The lowest BCUT2D eigenvalue weighted by molar-refractivity contribution is 0.417. The van der Waals surface area contributed by atoms with Crippen molar-refractivity contribution < 1.29 is 4.74 Å². The number of methoxy groups -OCH3 is 1. The van der Waals surface area contributed by atoms with E-state index in [1.165, 1.54) is 0 Å². The molecule has 0 spiro atoms. The largest absolute Gasteiger partial charge is 0.495 e. The Morgan fingerprint density at radius 1 is 1.33 bits per heavy atom. The number of hydrogen-bond donors (Lipinski definition) is 2. The fourth-order valence-electron chi connectivity index (χ4n) is 1.77. The van der Waals surface area contributed by atoms with Crippen molar-refractivity contribution in [1.82, 2.24) is 0 Å². The first-order chi connectivity index (χ1) is 7.29. The summed E-state index contributed by atoms with van der Waals surface area (Å²) >= 11 is 0. The molecule has 0 aliphatic heterocycles. The summed E-state index contributed by atoms with van der Waals surface area (Å²) in [6, 6.07) is 6.30. The highest BCUT2D eigenvalue weighted by atomic mass is 16.5. The highest BCUT2D eigenvalue weighted by Gasteiger charge is 2.10. The molecule has 0 fully saturated rings. The number of anilines is 2. The fourth-order valence-corrected chi connectivity index (χ4v) is 1.77. The molecule has 0 saturated carbocycles. The zero-order valence-electron chi connectivity index (χ0n) is 8.86. The Labute approximate surface area is 89.9 Å². The van der Waals surface area contributed by atoms with Gasteiger partial charge in [0.1, 0.15) is 5.75 Å². The van der Waals surface area contributed by atoms with Crippen LogP contribution in [0.3, 0.4) is 0 Å². The molecule has 1 aliphatic carbocycles. The predicted molar refractivity (Wildman–Crippen MR) is 63.2 cm³/mol. The predicted octanol–water partition coefficient (Wildman–Crippen LogP) is 2.41. The molecule has 15 heavy (non-hydrogen) atoms. The molecule has 0 atom stereocenters. The van der Waals surface area contributed by atoms with Crippen LogP contribution in [-0.2, 0) is 0 Å². The number of rotatable bonds is 3. The van der Waals surface area contributed by atoms with Gasteiger partial charge in [0.05, 0.1) is 12.8 Å². The van der Waals surface area contributed by atoms with Gasteiger partial charge in [0, 0.05) is 17.8 Å². The summed E-state index contributed by atoms with van der Waals surface area (Å²) in [6.45, 7) is 0. The third-order valence-corrected chi connectivity index (χ3v) is 2.61. The van der Waals surface area contributed by atoms with Crippen LogP contribution in [0.4, 0.5) is 11.4 Å². The molecule has 2 rings (SSSR count). The highest BCUT2D eigenvalue weighted by Crippen LogP contribution is 2.26. The highest BCUT2D eigenvalue weighted by molar-refractivity contribution is 5.61. The lowest BCUT2D eigenvalue weighted by Crippen LogP contribution is -2.14. The van der Waals surface area contributed by atoms with Gasteiger partial charge in [0.25, 0.3) is 0 Å². The second-order valence-electron chi connectivity index (χ2n) is 3.74. The van der Waals surface area contributed by atoms with E-state index < -0.39 is 0 Å². The minimum absolute atomic E-state index is 0.512. The van der Waals surface area contributed by atoms with E-state index >= 15 is 0 Å². The Kier molecular flexibility index (Phi) is 2.81. The molecule has 3 nitrogen and oxygen atoms in total. The molecule has 0 radical (unpaired) electrons. The molecule has 1 aromatic carbocycles. The normalized spacial score (nSPS) is 15.5. The van der Waals surface area contributed by atoms with Crippen LogP contribution < -0.4 is 15.8 Å². The maximum atomic E-state index is 5.74. The number of nitrogens with one attached hydrogen (secondary N) is 1. The molecule has 1 aromatic rings. The van der Waals surface area contributed by atoms with E-state index in [0.717, 1.165) is 24.3 Å². The summed E-state index contributed by atoms with van der Waals surface area (Å²) < 4.78 is 5.17. The van der Waals surface area contributed by atoms with Crippen LogP contribution in [0, 0.1) is 0 Å². The van der Waals surface area contributed by atoms with Gasteiger partial charge in [-0.05, 0) is 25.0 Å². The van der Waals surface area contributed by atoms with Crippen molar-refractivity contribution in [3.05, 3.63) is 30.4 Å². The SMILES string of the molecule is COc1cc(NC2CC=CC2)ccc1N. The first-order valence-corrected chi connectivity index (χ1v) is 5.14. The maximum absolute atomic E-state index is 5.74. The Hall–Kier alpha value is -1.64. The summed E-state index contributed by atoms with van der Waals surface area (Å²) in [5, 5.41) is 3.44. The molecule has 80 valence electrons. The second kappa shape index (κ2) is 4.26. The monoisotopic (exact) mass is 204 g/mol. The lowest BCUT2D eigenvalue weighted by atomic mass is 10.2. The number of hydrogen-bond acceptors (Lipinski definition) is 3. The van der Waals surface area contributed by atoms with Gasteiger partial charge < -0.3 is 15.8 Å². The van der Waals surface area contributed by atoms with Crippen molar-refractivity contribution in [2.45, 2.75) is 18.9 Å². The van der Waals surface area contributed by atoms with Crippen molar-refractivity contribution in [1.29, 1.82) is 0 Å². The van der Waals surface area contributed by atoms with Crippen LogP contribution in [0.15, 0.2) is 30.4 Å². The molecule has 1 aliphatic rings. The third-order valence-electron chi connectivity index (χ3n) is 2.61. The zero-order valence-corrected chi connectivity index (χ0v) is 8.86. The number of ether oxygens (including phenoxy) is 1. The Morgan fingerprint density at radius 3 is 2.73 bits per heavy atom. The van der Waals surface area contributed by atoms with Gasteiger partial charge in [0.2, 0.25) is 0 Å². The van der Waals surface area contributed by atoms with Gasteiger partial charge in [-0.2, -0.15) is 0 Å². The molecular formula is C12H16N2O. The molecule has 0 aromatic heterocycles. The Morgan fingerprint density at radius 2 is 2.07 bits per heavy atom. The van der Waals surface area contributed by atoms with Crippen LogP contribution in [0.5, 0.6) is 5.75 Å². The summed E-state index contributed by atoms with van der Waals surface area (Å²) in [6.07, 6.45) is 6.58. The summed E-state index contributed by atoms with van der Waals surface area (Å²) in [5.74, 6) is 0.728. The molecule has 3 heteroatoms. The minimum atomic E-state index is 0.512. The third kappa shape index (κ3) is 2.24. The molecule has 0 unspecified atom stereocenters. The Balaban J connectivity index is 2.08. The van der Waals surface area contributed by atoms with Crippen molar-refractivity contribution >= 4 is 11.4 Å². The van der Waals surface area contributed by atoms with Crippen LogP contribution in [-0.4, -0.2) is 13.2 Å². The van der Waals surface area contributed by atoms with E-state index in [1.54, 1.807) is 7.11 Å². The average molecular weight is 204 g/mol. The molecule has 0 saturated heterocycles. The lowest BCUT2D eigenvalue weighted by Gasteiger charge is -2.15. The van der Waals surface area contributed by atoms with Gasteiger partial charge in [-0.3, -0.25) is 0 Å². The van der Waals surface area contributed by atoms with Gasteiger partial charge in [-0.15, -0.1) is 0 Å². The van der Waals surface area contributed by atoms with E-state index in [4.69, 9.17) is 10.5 Å². The van der Waals surface area contributed by atoms with E-state index in [0.29, 0.717) is 11.7 Å². The molecule has 0 bridgehead atoms. The van der Waals surface area contributed by atoms with E-state index in [9.17, 15) is 0 Å². The molecule has 0 amide bonds. The van der Waals surface area contributed by atoms with Gasteiger partial charge in [-0.25, -0.2) is 0 Å². The van der Waals surface area contributed by atoms with Crippen LogP contribution >= 0.6 is 0 Å². The minimum Gasteiger partial charge on any atom is -0.495 e. The topological polar surface area (TPSA) is 47.3 Å². The van der Waals surface area contributed by atoms with Crippen molar-refractivity contribution in [3.8, 4) is 5.75 Å². The molecule has 0 heterocycles. The van der Waals surface area contributed by atoms with Crippen LogP contribution in [0.25, 0.3) is 0 Å². The summed E-state index contributed by atoms with van der Waals surface area (Å²) in [4.78, 5) is 0. The van der Waals surface area contributed by atoms with Crippen LogP contribution in [0.2, 0.25) is 0 Å². The van der Waals surface area contributed by atoms with E-state index in [-0.39, 0.29) is 0 Å². The Bertz CT molecular complexity index is 366. The van der Waals surface area contributed by atoms with Crippen molar-refractivity contribution in [3.63, 3.8) is 0 Å². The standard InChI is InChI=1S/C12H16N2O/c1-15-12-8-10(6-7-11(12)13)14-9-4-2-3-5-9/h2-3,6-9,14H,4-5,13H2,1H3. The average Bonchev–Trinajstić information content (AvgIpc) is 2.73. The van der Waals surface area contributed by atoms with Crippen molar-refractivity contribution in [2.75, 3.05) is 18.2 Å². The molecular weight excluding hydrogens is 188 g/mol. The first-order valence-electron chi connectivity index (χ1n) is 5.14. The van der Waals surface area contributed by atoms with E-state index in [1.807, 2.05) is 18.2 Å².